The van der Waals surface area contributed by atoms with Gasteiger partial charge in [-0.25, -0.2) is 0 Å². The van der Waals surface area contributed by atoms with Crippen molar-refractivity contribution >= 4 is 0 Å². The van der Waals surface area contributed by atoms with Gasteiger partial charge in [0.1, 0.15) is 0 Å². The summed E-state index contributed by atoms with van der Waals surface area (Å²) in [6, 6.07) is 0. The molecule has 0 saturated carbocycles. The van der Waals surface area contributed by atoms with E-state index >= 15 is 0 Å². The second-order valence-electron chi connectivity index (χ2n) is 4.36. The van der Waals surface area contributed by atoms with E-state index in [0.717, 1.165) is 26.1 Å². The normalized spacial score (nSPS) is 21.8. The lowest BCUT2D eigenvalue weighted by atomic mass is 9.78. The second-order valence-corrected chi connectivity index (χ2v) is 4.36. The summed E-state index contributed by atoms with van der Waals surface area (Å²) in [6.07, 6.45) is 3.57. The van der Waals surface area contributed by atoms with Gasteiger partial charge in [0.05, 0.1) is 19.3 Å². The molecule has 76 valence electrons. The number of aliphatic hydroxyl groups is 1. The smallest absolute Gasteiger partial charge is 0.0730 e. The quantitative estimate of drug-likeness (QED) is 0.678. The Bertz CT molecular complexity index is 183. The van der Waals surface area contributed by atoms with Crippen molar-refractivity contribution in [1.29, 1.82) is 0 Å². The highest BCUT2D eigenvalue weighted by atomic mass is 16.5. The van der Waals surface area contributed by atoms with Crippen LogP contribution in [0.2, 0.25) is 0 Å². The standard InChI is InChI=1S/C11H20O2/c1-4-11(7-13-8-11)6-10(12)5-9(2)3/h5,10,12H,4,6-8H2,1-3H3. The van der Waals surface area contributed by atoms with Gasteiger partial charge < -0.3 is 9.84 Å². The Morgan fingerprint density at radius 3 is 2.46 bits per heavy atom. The molecule has 1 saturated heterocycles. The van der Waals surface area contributed by atoms with E-state index in [1.807, 2.05) is 19.9 Å². The fourth-order valence-corrected chi connectivity index (χ4v) is 1.74. The molecule has 13 heavy (non-hydrogen) atoms. The summed E-state index contributed by atoms with van der Waals surface area (Å²) < 4.78 is 5.20. The maximum Gasteiger partial charge on any atom is 0.0730 e. The number of ether oxygens (including phenoxy) is 1. The first-order valence-corrected chi connectivity index (χ1v) is 4.99. The summed E-state index contributed by atoms with van der Waals surface area (Å²) in [4.78, 5) is 0. The molecule has 1 atom stereocenters. The van der Waals surface area contributed by atoms with E-state index in [0.29, 0.717) is 0 Å². The maximum atomic E-state index is 9.72. The van der Waals surface area contributed by atoms with Crippen molar-refractivity contribution in [3.8, 4) is 0 Å². The van der Waals surface area contributed by atoms with E-state index in [2.05, 4.69) is 6.92 Å². The average Bonchev–Trinajstić information content (AvgIpc) is 1.95. The largest absolute Gasteiger partial charge is 0.389 e. The number of allylic oxidation sites excluding steroid dienone is 1. The third kappa shape index (κ3) is 2.82. The molecule has 0 spiro atoms. The molecule has 0 aromatic rings. The third-order valence-corrected chi connectivity index (χ3v) is 2.73. The minimum atomic E-state index is -0.297. The van der Waals surface area contributed by atoms with E-state index in [1.54, 1.807) is 0 Å². The molecule has 0 amide bonds. The summed E-state index contributed by atoms with van der Waals surface area (Å²) in [6.45, 7) is 7.82. The lowest BCUT2D eigenvalue weighted by molar-refractivity contribution is -0.130. The van der Waals surface area contributed by atoms with E-state index in [-0.39, 0.29) is 11.5 Å². The van der Waals surface area contributed by atoms with Crippen molar-refractivity contribution in [2.24, 2.45) is 5.41 Å². The van der Waals surface area contributed by atoms with Crippen LogP contribution < -0.4 is 0 Å². The zero-order valence-electron chi connectivity index (χ0n) is 8.84. The molecule has 2 nitrogen and oxygen atoms in total. The van der Waals surface area contributed by atoms with Gasteiger partial charge in [0.25, 0.3) is 0 Å². The molecule has 1 rings (SSSR count). The average molecular weight is 184 g/mol. The highest BCUT2D eigenvalue weighted by Crippen LogP contribution is 2.36. The van der Waals surface area contributed by atoms with Gasteiger partial charge in [-0.15, -0.1) is 0 Å². The van der Waals surface area contributed by atoms with E-state index < -0.39 is 0 Å². The van der Waals surface area contributed by atoms with E-state index in [9.17, 15) is 5.11 Å². The predicted molar refractivity (Wildman–Crippen MR) is 53.6 cm³/mol. The molecule has 0 aliphatic carbocycles. The van der Waals surface area contributed by atoms with Crippen LogP contribution in [0.4, 0.5) is 0 Å². The van der Waals surface area contributed by atoms with Crippen LogP contribution in [0.5, 0.6) is 0 Å². The molecule has 1 aliphatic heterocycles. The SMILES string of the molecule is CCC1(CC(O)C=C(C)C)COC1. The fraction of sp³-hybridized carbons (Fsp3) is 0.818. The van der Waals surface area contributed by atoms with Crippen LogP contribution in [0.3, 0.4) is 0 Å². The van der Waals surface area contributed by atoms with Crippen molar-refractivity contribution in [3.05, 3.63) is 11.6 Å². The molecule has 2 heteroatoms. The Balaban J connectivity index is 2.42. The molecular formula is C11H20O2. The molecular weight excluding hydrogens is 164 g/mol. The number of hydrogen-bond acceptors (Lipinski definition) is 2. The first kappa shape index (κ1) is 10.7. The first-order chi connectivity index (χ1) is 6.08. The van der Waals surface area contributed by atoms with Gasteiger partial charge in [-0.1, -0.05) is 18.6 Å². The van der Waals surface area contributed by atoms with Gasteiger partial charge in [0.15, 0.2) is 0 Å². The zero-order chi connectivity index (χ0) is 9.90. The van der Waals surface area contributed by atoms with Crippen molar-refractivity contribution in [3.63, 3.8) is 0 Å². The topological polar surface area (TPSA) is 29.5 Å². The summed E-state index contributed by atoms with van der Waals surface area (Å²) in [5, 5.41) is 9.72. The van der Waals surface area contributed by atoms with Crippen LogP contribution in [0.25, 0.3) is 0 Å². The fourth-order valence-electron chi connectivity index (χ4n) is 1.74. The minimum absolute atomic E-state index is 0.255. The van der Waals surface area contributed by atoms with Gasteiger partial charge in [-0.05, 0) is 26.7 Å². The van der Waals surface area contributed by atoms with Crippen molar-refractivity contribution in [2.45, 2.75) is 39.7 Å². The van der Waals surface area contributed by atoms with Crippen molar-refractivity contribution in [1.82, 2.24) is 0 Å². The van der Waals surface area contributed by atoms with Crippen LogP contribution >= 0.6 is 0 Å². The zero-order valence-corrected chi connectivity index (χ0v) is 8.84. The predicted octanol–water partition coefficient (Wildman–Crippen LogP) is 2.13. The summed E-state index contributed by atoms with van der Waals surface area (Å²) in [7, 11) is 0. The monoisotopic (exact) mass is 184 g/mol. The lowest BCUT2D eigenvalue weighted by Gasteiger charge is -2.41. The molecule has 1 heterocycles. The Morgan fingerprint density at radius 2 is 2.15 bits per heavy atom. The summed E-state index contributed by atoms with van der Waals surface area (Å²) >= 11 is 0. The molecule has 0 radical (unpaired) electrons. The second kappa shape index (κ2) is 4.25. The molecule has 0 bridgehead atoms. The van der Waals surface area contributed by atoms with Crippen LogP contribution in [0, 0.1) is 5.41 Å². The van der Waals surface area contributed by atoms with Gasteiger partial charge in [-0.2, -0.15) is 0 Å². The molecule has 0 aromatic carbocycles. The Morgan fingerprint density at radius 1 is 1.54 bits per heavy atom. The van der Waals surface area contributed by atoms with E-state index in [4.69, 9.17) is 4.74 Å². The molecule has 1 N–H and O–H groups in total. The highest BCUT2D eigenvalue weighted by molar-refractivity contribution is 5.00. The Hall–Kier alpha value is -0.340. The Kier molecular flexibility index (Phi) is 3.51. The van der Waals surface area contributed by atoms with Crippen LogP contribution in [-0.2, 0) is 4.74 Å². The van der Waals surface area contributed by atoms with Gasteiger partial charge in [0.2, 0.25) is 0 Å². The van der Waals surface area contributed by atoms with Crippen molar-refractivity contribution < 1.29 is 9.84 Å². The first-order valence-electron chi connectivity index (χ1n) is 4.99. The number of rotatable bonds is 4. The number of aliphatic hydroxyl groups excluding tert-OH is 1. The van der Waals surface area contributed by atoms with Gasteiger partial charge in [0, 0.05) is 5.41 Å². The van der Waals surface area contributed by atoms with Crippen LogP contribution in [-0.4, -0.2) is 24.4 Å². The molecule has 0 aromatic heterocycles. The van der Waals surface area contributed by atoms with E-state index in [1.165, 1.54) is 5.57 Å². The van der Waals surface area contributed by atoms with Crippen molar-refractivity contribution in [2.75, 3.05) is 13.2 Å². The molecule has 1 aliphatic rings. The molecule has 1 unspecified atom stereocenters. The van der Waals surface area contributed by atoms with Crippen LogP contribution in [0.1, 0.15) is 33.6 Å². The lowest BCUT2D eigenvalue weighted by Crippen LogP contribution is -2.44. The minimum Gasteiger partial charge on any atom is -0.389 e. The van der Waals surface area contributed by atoms with Gasteiger partial charge >= 0.3 is 0 Å². The summed E-state index contributed by atoms with van der Waals surface area (Å²) in [5.74, 6) is 0. The molecule has 1 fully saturated rings. The number of hydrogen-bond donors (Lipinski definition) is 1. The Labute approximate surface area is 80.6 Å². The highest BCUT2D eigenvalue weighted by Gasteiger charge is 2.37. The van der Waals surface area contributed by atoms with Gasteiger partial charge in [-0.3, -0.25) is 0 Å². The maximum absolute atomic E-state index is 9.72. The third-order valence-electron chi connectivity index (χ3n) is 2.73. The van der Waals surface area contributed by atoms with Crippen LogP contribution in [0.15, 0.2) is 11.6 Å². The summed E-state index contributed by atoms with van der Waals surface area (Å²) in [5.41, 5.74) is 1.43.